The summed E-state index contributed by atoms with van der Waals surface area (Å²) in [5.41, 5.74) is -1.09. The average molecular weight is 465 g/mol. The van der Waals surface area contributed by atoms with E-state index in [0.29, 0.717) is 13.0 Å². The van der Waals surface area contributed by atoms with Gasteiger partial charge in [-0.25, -0.2) is 0 Å². The predicted octanol–water partition coefficient (Wildman–Crippen LogP) is 3.71. The van der Waals surface area contributed by atoms with Crippen LogP contribution in [0.25, 0.3) is 0 Å². The number of hydrogen-bond acceptors (Lipinski definition) is 6. The summed E-state index contributed by atoms with van der Waals surface area (Å²) in [4.78, 5) is 11.2. The molecule has 1 unspecified atom stereocenters. The molecule has 1 N–H and O–H groups in total. The Bertz CT molecular complexity index is 935. The molecular formula is C25H33ClO6. The zero-order valence-electron chi connectivity index (χ0n) is 19.3. The highest BCUT2D eigenvalue weighted by Crippen LogP contribution is 2.78. The molecule has 0 bridgehead atoms. The van der Waals surface area contributed by atoms with Crippen molar-refractivity contribution in [1.82, 2.24) is 0 Å². The lowest BCUT2D eigenvalue weighted by molar-refractivity contribution is -0.271. The first-order valence-electron chi connectivity index (χ1n) is 11.8. The third kappa shape index (κ3) is 2.03. The van der Waals surface area contributed by atoms with Crippen molar-refractivity contribution in [3.8, 4) is 0 Å². The molecule has 0 aromatic carbocycles. The number of aliphatic hydroxyl groups is 1. The van der Waals surface area contributed by atoms with Crippen molar-refractivity contribution in [3.63, 3.8) is 0 Å². The largest absolute Gasteiger partial charge is 0.391 e. The zero-order valence-corrected chi connectivity index (χ0v) is 20.0. The van der Waals surface area contributed by atoms with Crippen LogP contribution in [0.4, 0.5) is 0 Å². The Morgan fingerprint density at radius 1 is 1.12 bits per heavy atom. The molecular weight excluding hydrogens is 432 g/mol. The standard InChI is InChI=1S/C25H33ClO6/c1-15-9-18-21(3)7-5-16-10-17(27)6-8-20(16,2)24(21,26)19(28)11-22(18,4)25(15)23(31-14-32-25)12-29-13-30-23/h6,8,10,15,18-19,28H,5,7,9,11-14H2,1-4H3/t15-,18+,19+,20+,21+,22+,23?,24+,25-/m1/s1. The number of allylic oxidation sites excluding steroid dienone is 4. The van der Waals surface area contributed by atoms with E-state index in [4.69, 9.17) is 30.5 Å². The number of fused-ring (bicyclic) bond motifs is 7. The van der Waals surface area contributed by atoms with Gasteiger partial charge in [-0.3, -0.25) is 4.79 Å². The van der Waals surface area contributed by atoms with Gasteiger partial charge in [0.2, 0.25) is 5.79 Å². The van der Waals surface area contributed by atoms with Gasteiger partial charge < -0.3 is 24.1 Å². The first kappa shape index (κ1) is 21.8. The van der Waals surface area contributed by atoms with Gasteiger partial charge in [-0.15, -0.1) is 11.6 Å². The highest BCUT2D eigenvalue weighted by atomic mass is 35.5. The maximum Gasteiger partial charge on any atom is 0.227 e. The fourth-order valence-electron chi connectivity index (χ4n) is 9.34. The summed E-state index contributed by atoms with van der Waals surface area (Å²) in [7, 11) is 0. The van der Waals surface area contributed by atoms with Gasteiger partial charge in [0.25, 0.3) is 0 Å². The van der Waals surface area contributed by atoms with Crippen molar-refractivity contribution in [2.24, 2.45) is 28.1 Å². The number of halogens is 1. The summed E-state index contributed by atoms with van der Waals surface area (Å²) in [6.45, 7) is 9.45. The lowest BCUT2D eigenvalue weighted by Crippen LogP contribution is -2.74. The third-order valence-corrected chi connectivity index (χ3v) is 11.7. The van der Waals surface area contributed by atoms with E-state index in [9.17, 15) is 9.90 Å². The number of hydrogen-bond donors (Lipinski definition) is 1. The van der Waals surface area contributed by atoms with Crippen LogP contribution >= 0.6 is 11.6 Å². The van der Waals surface area contributed by atoms with Crippen LogP contribution in [0.5, 0.6) is 0 Å². The molecule has 3 saturated carbocycles. The van der Waals surface area contributed by atoms with Crippen LogP contribution in [0.2, 0.25) is 0 Å². The minimum Gasteiger partial charge on any atom is -0.391 e. The minimum absolute atomic E-state index is 0.00162. The van der Waals surface area contributed by atoms with E-state index >= 15 is 0 Å². The van der Waals surface area contributed by atoms with E-state index < -0.39 is 33.2 Å². The quantitative estimate of drug-likeness (QED) is 0.551. The molecule has 0 radical (unpaired) electrons. The van der Waals surface area contributed by atoms with Gasteiger partial charge in [-0.05, 0) is 55.1 Å². The van der Waals surface area contributed by atoms with Crippen LogP contribution < -0.4 is 0 Å². The molecule has 0 aromatic rings. The molecule has 0 amide bonds. The van der Waals surface area contributed by atoms with E-state index in [-0.39, 0.29) is 36.6 Å². The normalized spacial score (nSPS) is 58.8. The monoisotopic (exact) mass is 464 g/mol. The minimum atomic E-state index is -0.959. The first-order valence-corrected chi connectivity index (χ1v) is 12.2. The van der Waals surface area contributed by atoms with Crippen LogP contribution in [0.15, 0.2) is 23.8 Å². The van der Waals surface area contributed by atoms with Crippen molar-refractivity contribution < 1.29 is 28.8 Å². The van der Waals surface area contributed by atoms with Crippen molar-refractivity contribution in [2.45, 2.75) is 75.7 Å². The maximum atomic E-state index is 12.2. The van der Waals surface area contributed by atoms with E-state index in [2.05, 4.69) is 27.7 Å². The highest BCUT2D eigenvalue weighted by Gasteiger charge is 2.83. The van der Waals surface area contributed by atoms with E-state index in [1.807, 2.05) is 6.08 Å². The zero-order chi connectivity index (χ0) is 22.8. The molecule has 2 spiro atoms. The van der Waals surface area contributed by atoms with Crippen molar-refractivity contribution in [3.05, 3.63) is 23.8 Å². The summed E-state index contributed by atoms with van der Waals surface area (Å²) in [5, 5.41) is 11.9. The molecule has 7 heteroatoms. The number of ether oxygens (including phenoxy) is 4. The predicted molar refractivity (Wildman–Crippen MR) is 117 cm³/mol. The molecule has 6 rings (SSSR count). The second-order valence-electron chi connectivity index (χ2n) is 11.6. The van der Waals surface area contributed by atoms with E-state index in [0.717, 1.165) is 24.8 Å². The molecule has 2 aliphatic heterocycles. The molecule has 2 saturated heterocycles. The van der Waals surface area contributed by atoms with Crippen LogP contribution in [-0.4, -0.2) is 53.4 Å². The maximum absolute atomic E-state index is 12.2. The van der Waals surface area contributed by atoms with Gasteiger partial charge in [0.15, 0.2) is 19.4 Å². The Kier molecular flexibility index (Phi) is 4.26. The van der Waals surface area contributed by atoms with Gasteiger partial charge in [0, 0.05) is 10.8 Å². The SMILES string of the molecule is C[C@@H]1C[C@H]2[C@]3(C)CCC4=CC(=O)C=C[C@]4(C)[C@@]3(Cl)[C@@H](O)C[C@]2(C)[C@]12OCOC21COCO1. The van der Waals surface area contributed by atoms with Gasteiger partial charge in [0.05, 0.1) is 11.0 Å². The molecule has 0 aromatic heterocycles. The highest BCUT2D eigenvalue weighted by molar-refractivity contribution is 6.26. The molecule has 2 heterocycles. The number of aliphatic hydroxyl groups excluding tert-OH is 1. The van der Waals surface area contributed by atoms with Gasteiger partial charge >= 0.3 is 0 Å². The number of alkyl halides is 1. The Morgan fingerprint density at radius 2 is 1.88 bits per heavy atom. The number of carbonyl (C=O) groups is 1. The van der Waals surface area contributed by atoms with Crippen LogP contribution in [-0.2, 0) is 23.7 Å². The van der Waals surface area contributed by atoms with Gasteiger partial charge in [0.1, 0.15) is 12.2 Å². The topological polar surface area (TPSA) is 74.2 Å². The van der Waals surface area contributed by atoms with Crippen molar-refractivity contribution in [2.75, 3.05) is 20.2 Å². The summed E-state index contributed by atoms with van der Waals surface area (Å²) >= 11 is 7.67. The Balaban J connectivity index is 1.52. The Labute approximate surface area is 194 Å². The number of rotatable bonds is 0. The molecule has 176 valence electrons. The van der Waals surface area contributed by atoms with E-state index in [1.165, 1.54) is 0 Å². The molecule has 32 heavy (non-hydrogen) atoms. The van der Waals surface area contributed by atoms with Crippen LogP contribution in [0, 0.1) is 28.1 Å². The number of carbonyl (C=O) groups excluding carboxylic acids is 1. The second kappa shape index (κ2) is 6.27. The van der Waals surface area contributed by atoms with Gasteiger partial charge in [-0.2, -0.15) is 0 Å². The van der Waals surface area contributed by atoms with Crippen LogP contribution in [0.1, 0.15) is 53.4 Å². The Morgan fingerprint density at radius 3 is 2.59 bits per heavy atom. The average Bonchev–Trinajstić information content (AvgIpc) is 3.43. The summed E-state index contributed by atoms with van der Waals surface area (Å²) in [5.74, 6) is -0.642. The summed E-state index contributed by atoms with van der Waals surface area (Å²) < 4.78 is 24.4. The molecule has 9 atom stereocenters. The van der Waals surface area contributed by atoms with Crippen LogP contribution in [0.3, 0.4) is 0 Å². The third-order valence-electron chi connectivity index (χ3n) is 10.6. The lowest BCUT2D eigenvalue weighted by atomic mass is 9.39. The van der Waals surface area contributed by atoms with Gasteiger partial charge in [-0.1, -0.05) is 39.3 Å². The molecule has 6 aliphatic rings. The second-order valence-corrected chi connectivity index (χ2v) is 12.2. The fraction of sp³-hybridized carbons (Fsp3) is 0.800. The molecule has 6 nitrogen and oxygen atoms in total. The first-order chi connectivity index (χ1) is 15.0. The van der Waals surface area contributed by atoms with Crippen molar-refractivity contribution in [1.29, 1.82) is 0 Å². The number of ketones is 1. The molecule has 4 aliphatic carbocycles. The summed E-state index contributed by atoms with van der Waals surface area (Å²) in [6.07, 6.45) is 7.47. The fourth-order valence-corrected chi connectivity index (χ4v) is 9.83. The Hall–Kier alpha value is -0.760. The lowest BCUT2D eigenvalue weighted by Gasteiger charge is -2.69. The summed E-state index contributed by atoms with van der Waals surface area (Å²) in [6, 6.07) is 0. The van der Waals surface area contributed by atoms with Crippen molar-refractivity contribution >= 4 is 17.4 Å². The van der Waals surface area contributed by atoms with E-state index in [1.54, 1.807) is 12.2 Å². The molecule has 5 fully saturated rings. The smallest absolute Gasteiger partial charge is 0.227 e.